The largest absolute Gasteiger partial charge is 0.534 e. The quantitative estimate of drug-likeness (QED) is 0.349. The summed E-state index contributed by atoms with van der Waals surface area (Å²) in [7, 11) is -4.31. The smallest absolute Gasteiger partial charge is 0.469 e. The van der Waals surface area contributed by atoms with Crippen LogP contribution in [0.1, 0.15) is 58.8 Å². The Hall–Kier alpha value is -1.25. The molecule has 1 saturated carbocycles. The van der Waals surface area contributed by atoms with E-state index in [4.69, 9.17) is 0 Å². The Morgan fingerprint density at radius 2 is 2.04 bits per heavy atom. The first-order chi connectivity index (χ1) is 12.4. The van der Waals surface area contributed by atoms with Crippen molar-refractivity contribution in [2.24, 2.45) is 23.2 Å². The van der Waals surface area contributed by atoms with Crippen LogP contribution in [0.3, 0.4) is 0 Å². The van der Waals surface area contributed by atoms with Crippen molar-refractivity contribution in [2.45, 2.75) is 64.3 Å². The first kappa shape index (κ1) is 22.0. The highest BCUT2D eigenvalue weighted by Gasteiger charge is 2.55. The maximum atomic E-state index is 12.7. The van der Waals surface area contributed by atoms with Crippen LogP contribution in [0.25, 0.3) is 0 Å². The zero-order valence-corrected chi connectivity index (χ0v) is 16.7. The Morgan fingerprint density at radius 3 is 2.63 bits per heavy atom. The van der Waals surface area contributed by atoms with E-state index in [9.17, 15) is 26.4 Å². The van der Waals surface area contributed by atoms with Crippen LogP contribution in [0.15, 0.2) is 11.8 Å². The molecule has 4 atom stereocenters. The van der Waals surface area contributed by atoms with E-state index in [1.165, 1.54) is 13.2 Å². The number of alkyl halides is 3. The lowest BCUT2D eigenvalue weighted by atomic mass is 9.67. The molecule has 2 aliphatic rings. The molecule has 1 unspecified atom stereocenters. The van der Waals surface area contributed by atoms with Crippen LogP contribution >= 0.6 is 0 Å². The number of hydrogen-bond donors (Lipinski definition) is 0. The van der Waals surface area contributed by atoms with Gasteiger partial charge in [-0.05, 0) is 62.4 Å². The van der Waals surface area contributed by atoms with E-state index in [0.717, 1.165) is 19.3 Å². The van der Waals surface area contributed by atoms with Gasteiger partial charge in [-0.2, -0.15) is 21.6 Å². The highest BCUT2D eigenvalue weighted by molar-refractivity contribution is 7.87. The Kier molecular flexibility index (Phi) is 6.54. The molecule has 2 rings (SSSR count). The molecule has 0 aliphatic heterocycles. The highest BCUT2D eigenvalue weighted by atomic mass is 32.2. The van der Waals surface area contributed by atoms with E-state index >= 15 is 0 Å². The molecule has 5 nitrogen and oxygen atoms in total. The standard InChI is InChI=1S/C18H27F3O5S/c1-12(6-4-9-16(22)25-3)13-10-11-17(2)14(13)7-5-8-15(17)26-27(23,24)18(19,20)21/h8,12-14H,4-7,9-11H2,1-3H3/t12-,13+,14?,17-/m1/s1. The number of ether oxygens (including phenoxy) is 1. The molecule has 0 N–H and O–H groups in total. The van der Waals surface area contributed by atoms with Crippen molar-refractivity contribution in [3.63, 3.8) is 0 Å². The number of halogens is 3. The Balaban J connectivity index is 2.08. The molecule has 0 heterocycles. The van der Waals surface area contributed by atoms with Gasteiger partial charge in [0.2, 0.25) is 0 Å². The van der Waals surface area contributed by atoms with Crippen LogP contribution in [0.2, 0.25) is 0 Å². The Labute approximate surface area is 158 Å². The SMILES string of the molecule is COC(=O)CCC[C@@H](C)[C@@H]1CC[C@@]2(C)C(OS(=O)(=O)C(F)(F)F)=CCCC12. The van der Waals surface area contributed by atoms with E-state index in [1.54, 1.807) is 6.92 Å². The summed E-state index contributed by atoms with van der Waals surface area (Å²) in [6, 6.07) is 0. The van der Waals surface area contributed by atoms with Gasteiger partial charge < -0.3 is 8.92 Å². The van der Waals surface area contributed by atoms with Gasteiger partial charge in [0.15, 0.2) is 0 Å². The third kappa shape index (κ3) is 4.60. The van der Waals surface area contributed by atoms with Crippen LogP contribution in [0.4, 0.5) is 13.2 Å². The summed E-state index contributed by atoms with van der Waals surface area (Å²) in [6.07, 6.45) is 6.01. The molecule has 9 heteroatoms. The molecule has 0 aromatic rings. The molecule has 0 aromatic carbocycles. The summed E-state index contributed by atoms with van der Waals surface area (Å²) in [5.41, 5.74) is -6.14. The summed E-state index contributed by atoms with van der Waals surface area (Å²) in [4.78, 5) is 11.3. The fraction of sp³-hybridized carbons (Fsp3) is 0.833. The Morgan fingerprint density at radius 1 is 1.37 bits per heavy atom. The number of carbonyl (C=O) groups excluding carboxylic acids is 1. The zero-order valence-electron chi connectivity index (χ0n) is 15.8. The van der Waals surface area contributed by atoms with Crippen LogP contribution in [0.5, 0.6) is 0 Å². The van der Waals surface area contributed by atoms with Crippen molar-refractivity contribution >= 4 is 16.1 Å². The van der Waals surface area contributed by atoms with Gasteiger partial charge in [-0.1, -0.05) is 13.8 Å². The van der Waals surface area contributed by atoms with Crippen LogP contribution in [0, 0.1) is 23.2 Å². The Bertz CT molecular complexity index is 686. The van der Waals surface area contributed by atoms with Crippen LogP contribution < -0.4 is 0 Å². The van der Waals surface area contributed by atoms with E-state index < -0.39 is 21.0 Å². The fourth-order valence-corrected chi connectivity index (χ4v) is 5.24. The second-order valence-electron chi connectivity index (χ2n) is 7.80. The van der Waals surface area contributed by atoms with E-state index in [-0.39, 0.29) is 29.5 Å². The van der Waals surface area contributed by atoms with Gasteiger partial charge in [0, 0.05) is 11.8 Å². The molecule has 0 spiro atoms. The highest BCUT2D eigenvalue weighted by Crippen LogP contribution is 2.58. The number of esters is 1. The van der Waals surface area contributed by atoms with Crippen molar-refractivity contribution in [2.75, 3.05) is 7.11 Å². The van der Waals surface area contributed by atoms with Crippen LogP contribution in [-0.2, 0) is 23.8 Å². The maximum absolute atomic E-state index is 12.7. The molecule has 0 aromatic heterocycles. The minimum absolute atomic E-state index is 0.0639. The monoisotopic (exact) mass is 412 g/mol. The topological polar surface area (TPSA) is 69.7 Å². The second-order valence-corrected chi connectivity index (χ2v) is 9.34. The predicted molar refractivity (Wildman–Crippen MR) is 92.7 cm³/mol. The van der Waals surface area contributed by atoms with Gasteiger partial charge in [0.05, 0.1) is 7.11 Å². The number of allylic oxidation sites excluding steroid dienone is 2. The number of hydrogen-bond acceptors (Lipinski definition) is 5. The summed E-state index contributed by atoms with van der Waals surface area (Å²) in [5.74, 6) is 0.273. The first-order valence-corrected chi connectivity index (χ1v) is 10.6. The number of fused-ring (bicyclic) bond motifs is 1. The minimum atomic E-state index is -5.66. The minimum Gasteiger partial charge on any atom is -0.469 e. The first-order valence-electron chi connectivity index (χ1n) is 9.20. The molecular weight excluding hydrogens is 385 g/mol. The number of methoxy groups -OCH3 is 1. The molecule has 0 amide bonds. The molecule has 2 aliphatic carbocycles. The molecule has 1 fully saturated rings. The molecule has 27 heavy (non-hydrogen) atoms. The summed E-state index contributed by atoms with van der Waals surface area (Å²) in [6.45, 7) is 3.88. The number of rotatable bonds is 7. The zero-order chi connectivity index (χ0) is 20.5. The van der Waals surface area contributed by atoms with Gasteiger partial charge >= 0.3 is 21.6 Å². The van der Waals surface area contributed by atoms with Crippen molar-refractivity contribution in [3.8, 4) is 0 Å². The lowest BCUT2D eigenvalue weighted by Crippen LogP contribution is -2.36. The third-order valence-electron chi connectivity index (χ3n) is 6.18. The third-order valence-corrected chi connectivity index (χ3v) is 7.15. The van der Waals surface area contributed by atoms with E-state index in [0.29, 0.717) is 25.7 Å². The lowest BCUT2D eigenvalue weighted by Gasteiger charge is -2.40. The van der Waals surface area contributed by atoms with Crippen molar-refractivity contribution in [1.29, 1.82) is 0 Å². The summed E-state index contributed by atoms with van der Waals surface area (Å²) in [5, 5.41) is 0. The predicted octanol–water partition coefficient (Wildman–Crippen LogP) is 4.54. The van der Waals surface area contributed by atoms with Gasteiger partial charge in [-0.15, -0.1) is 0 Å². The molecule has 0 saturated heterocycles. The average Bonchev–Trinajstić information content (AvgIpc) is 2.92. The molecule has 0 bridgehead atoms. The van der Waals surface area contributed by atoms with Crippen molar-refractivity contribution < 1.29 is 35.3 Å². The normalized spacial score (nSPS) is 29.6. The van der Waals surface area contributed by atoms with Gasteiger partial charge in [-0.3, -0.25) is 4.79 Å². The molecule has 156 valence electrons. The van der Waals surface area contributed by atoms with Gasteiger partial charge in [-0.25, -0.2) is 0 Å². The second kappa shape index (κ2) is 8.01. The number of carbonyl (C=O) groups is 1. The summed E-state index contributed by atoms with van der Waals surface area (Å²) < 4.78 is 70.3. The fourth-order valence-electron chi connectivity index (χ4n) is 4.65. The van der Waals surface area contributed by atoms with Gasteiger partial charge in [0.25, 0.3) is 0 Å². The molecule has 0 radical (unpaired) electrons. The average molecular weight is 412 g/mol. The van der Waals surface area contributed by atoms with Gasteiger partial charge in [0.1, 0.15) is 5.76 Å². The lowest BCUT2D eigenvalue weighted by molar-refractivity contribution is -0.140. The van der Waals surface area contributed by atoms with Crippen molar-refractivity contribution in [3.05, 3.63) is 11.8 Å². The van der Waals surface area contributed by atoms with E-state index in [1.807, 2.05) is 0 Å². The van der Waals surface area contributed by atoms with Crippen LogP contribution in [-0.4, -0.2) is 27.0 Å². The molecular formula is C18H27F3O5S. The van der Waals surface area contributed by atoms with E-state index in [2.05, 4.69) is 15.8 Å². The van der Waals surface area contributed by atoms with Crippen molar-refractivity contribution in [1.82, 2.24) is 0 Å². The maximum Gasteiger partial charge on any atom is 0.534 e. The summed E-state index contributed by atoms with van der Waals surface area (Å²) >= 11 is 0.